The molecule has 1 aromatic rings. The van der Waals surface area contributed by atoms with Gasteiger partial charge in [0.15, 0.2) is 6.61 Å². The number of ether oxygens (including phenoxy) is 1. The van der Waals surface area contributed by atoms with E-state index < -0.39 is 5.97 Å². The minimum absolute atomic E-state index is 0.209. The van der Waals surface area contributed by atoms with Gasteiger partial charge in [0.2, 0.25) is 0 Å². The van der Waals surface area contributed by atoms with Crippen LogP contribution < -0.4 is 11.1 Å². The first-order valence-electron chi connectivity index (χ1n) is 7.25. The second-order valence-electron chi connectivity index (χ2n) is 5.38. The Balaban J connectivity index is 1.82. The van der Waals surface area contributed by atoms with Crippen LogP contribution in [0, 0.1) is 6.92 Å². The van der Waals surface area contributed by atoms with Gasteiger partial charge >= 0.3 is 5.97 Å². The van der Waals surface area contributed by atoms with E-state index in [9.17, 15) is 9.59 Å². The summed E-state index contributed by atoms with van der Waals surface area (Å²) in [5.41, 5.74) is 6.81. The second-order valence-corrected chi connectivity index (χ2v) is 5.38. The number of nitrogens with one attached hydrogen (secondary N) is 1. The van der Waals surface area contributed by atoms with Crippen LogP contribution in [0.3, 0.4) is 0 Å². The predicted molar refractivity (Wildman–Crippen MR) is 78.7 cm³/mol. The maximum Gasteiger partial charge on any atom is 0.340 e. The third kappa shape index (κ3) is 4.44. The third-order valence-electron chi connectivity index (χ3n) is 3.63. The molecule has 0 atom stereocenters. The van der Waals surface area contributed by atoms with Crippen LogP contribution in [0.1, 0.15) is 48.2 Å². The molecule has 2 rings (SSSR count). The zero-order chi connectivity index (χ0) is 15.2. The Hall–Kier alpha value is -2.11. The number of carbonyl (C=O) groups excluding carboxylic acids is 2. The average Bonchev–Trinajstić information content (AvgIpc) is 2.48. The van der Waals surface area contributed by atoms with Crippen molar-refractivity contribution >= 4 is 17.6 Å². The summed E-state index contributed by atoms with van der Waals surface area (Å²) in [6.45, 7) is 1.42. The van der Waals surface area contributed by atoms with E-state index in [1.54, 1.807) is 6.92 Å². The second kappa shape index (κ2) is 7.06. The highest BCUT2D eigenvalue weighted by atomic mass is 16.5. The Kier molecular flexibility index (Phi) is 5.14. The Morgan fingerprint density at radius 1 is 1.38 bits per heavy atom. The molecule has 0 bridgehead atoms. The molecule has 114 valence electrons. The number of aryl methyl sites for hydroxylation is 1. The summed E-state index contributed by atoms with van der Waals surface area (Å²) in [6.07, 6.45) is 6.97. The number of nitrogen functional groups attached to an aromatic ring is 1. The van der Waals surface area contributed by atoms with Crippen LogP contribution in [0.4, 0.5) is 5.69 Å². The zero-order valence-corrected chi connectivity index (χ0v) is 12.2. The van der Waals surface area contributed by atoms with Gasteiger partial charge in [0.1, 0.15) is 0 Å². The van der Waals surface area contributed by atoms with Crippen LogP contribution in [0.5, 0.6) is 0 Å². The number of amides is 1. The first-order chi connectivity index (χ1) is 10.1. The minimum atomic E-state index is -0.578. The van der Waals surface area contributed by atoms with Gasteiger partial charge in [-0.3, -0.25) is 9.78 Å². The fourth-order valence-electron chi connectivity index (χ4n) is 2.48. The number of esters is 1. The van der Waals surface area contributed by atoms with E-state index in [1.807, 2.05) is 0 Å². The molecular weight excluding hydrogens is 270 g/mol. The average molecular weight is 291 g/mol. The monoisotopic (exact) mass is 291 g/mol. The van der Waals surface area contributed by atoms with Gasteiger partial charge in [-0.05, 0) is 25.8 Å². The van der Waals surface area contributed by atoms with Crippen LogP contribution in [0.15, 0.2) is 12.3 Å². The molecule has 1 amide bonds. The van der Waals surface area contributed by atoms with E-state index in [1.165, 1.54) is 18.7 Å². The van der Waals surface area contributed by atoms with E-state index in [0.29, 0.717) is 16.9 Å². The molecule has 3 N–H and O–H groups in total. The SMILES string of the molecule is Cc1ncc(N)cc1C(=O)OCC(=O)NC1CCCCC1. The lowest BCUT2D eigenvalue weighted by molar-refractivity contribution is -0.125. The molecule has 1 aliphatic carbocycles. The topological polar surface area (TPSA) is 94.3 Å². The molecule has 0 aliphatic heterocycles. The van der Waals surface area contributed by atoms with Crippen molar-refractivity contribution in [2.75, 3.05) is 12.3 Å². The number of hydrogen-bond donors (Lipinski definition) is 2. The first kappa shape index (κ1) is 15.3. The van der Waals surface area contributed by atoms with E-state index in [4.69, 9.17) is 10.5 Å². The molecular formula is C15H21N3O3. The van der Waals surface area contributed by atoms with E-state index >= 15 is 0 Å². The fraction of sp³-hybridized carbons (Fsp3) is 0.533. The lowest BCUT2D eigenvalue weighted by Gasteiger charge is -2.22. The molecule has 0 unspecified atom stereocenters. The summed E-state index contributed by atoms with van der Waals surface area (Å²) in [5, 5.41) is 2.90. The van der Waals surface area contributed by atoms with Crippen LogP contribution in [0.2, 0.25) is 0 Å². The molecule has 0 aromatic carbocycles. The van der Waals surface area contributed by atoms with Crippen LogP contribution in [-0.2, 0) is 9.53 Å². The summed E-state index contributed by atoms with van der Waals surface area (Å²) >= 11 is 0. The molecule has 0 spiro atoms. The zero-order valence-electron chi connectivity index (χ0n) is 12.2. The van der Waals surface area contributed by atoms with E-state index in [-0.39, 0.29) is 18.6 Å². The molecule has 1 saturated carbocycles. The number of carbonyl (C=O) groups is 2. The molecule has 0 saturated heterocycles. The van der Waals surface area contributed by atoms with Gasteiger partial charge in [-0.2, -0.15) is 0 Å². The highest BCUT2D eigenvalue weighted by Gasteiger charge is 2.18. The van der Waals surface area contributed by atoms with Gasteiger partial charge in [0.05, 0.1) is 23.1 Å². The van der Waals surface area contributed by atoms with Crippen molar-refractivity contribution in [3.05, 3.63) is 23.5 Å². The number of aromatic nitrogens is 1. The summed E-state index contributed by atoms with van der Waals surface area (Å²) < 4.78 is 5.02. The molecule has 6 heteroatoms. The summed E-state index contributed by atoms with van der Waals surface area (Å²) in [7, 11) is 0. The van der Waals surface area contributed by atoms with E-state index in [0.717, 1.165) is 25.7 Å². The van der Waals surface area contributed by atoms with Crippen molar-refractivity contribution in [2.45, 2.75) is 45.1 Å². The van der Waals surface area contributed by atoms with Crippen LogP contribution in [-0.4, -0.2) is 29.5 Å². The minimum Gasteiger partial charge on any atom is -0.452 e. The number of nitrogens with two attached hydrogens (primary N) is 1. The van der Waals surface area contributed by atoms with Gasteiger partial charge in [0.25, 0.3) is 5.91 Å². The summed E-state index contributed by atoms with van der Waals surface area (Å²) in [6, 6.07) is 1.71. The smallest absolute Gasteiger partial charge is 0.340 e. The number of nitrogens with zero attached hydrogens (tertiary/aromatic N) is 1. The number of pyridine rings is 1. The Morgan fingerprint density at radius 2 is 2.10 bits per heavy atom. The maximum atomic E-state index is 11.9. The first-order valence-corrected chi connectivity index (χ1v) is 7.25. The predicted octanol–water partition coefficient (Wildman–Crippen LogP) is 1.58. The Bertz CT molecular complexity index is 525. The maximum absolute atomic E-state index is 11.9. The molecule has 1 fully saturated rings. The van der Waals surface area contributed by atoms with Crippen molar-refractivity contribution in [2.24, 2.45) is 0 Å². The highest BCUT2D eigenvalue weighted by Crippen LogP contribution is 2.17. The van der Waals surface area contributed by atoms with Crippen LogP contribution >= 0.6 is 0 Å². The molecule has 1 aromatic heterocycles. The van der Waals surface area contributed by atoms with E-state index in [2.05, 4.69) is 10.3 Å². The van der Waals surface area contributed by atoms with Gasteiger partial charge in [-0.1, -0.05) is 19.3 Å². The van der Waals surface area contributed by atoms with Crippen molar-refractivity contribution in [1.82, 2.24) is 10.3 Å². The number of hydrogen-bond acceptors (Lipinski definition) is 5. The molecule has 21 heavy (non-hydrogen) atoms. The largest absolute Gasteiger partial charge is 0.452 e. The normalized spacial score (nSPS) is 15.5. The lowest BCUT2D eigenvalue weighted by Crippen LogP contribution is -2.38. The molecule has 1 aliphatic rings. The molecule has 1 heterocycles. The quantitative estimate of drug-likeness (QED) is 0.821. The summed E-state index contributed by atoms with van der Waals surface area (Å²) in [5.74, 6) is -0.837. The van der Waals surface area contributed by atoms with Crippen LogP contribution in [0.25, 0.3) is 0 Å². The highest BCUT2D eigenvalue weighted by molar-refractivity contribution is 5.93. The third-order valence-corrected chi connectivity index (χ3v) is 3.63. The lowest BCUT2D eigenvalue weighted by atomic mass is 9.95. The van der Waals surface area contributed by atoms with Crippen molar-refractivity contribution < 1.29 is 14.3 Å². The number of rotatable bonds is 4. The Morgan fingerprint density at radius 3 is 2.81 bits per heavy atom. The van der Waals surface area contributed by atoms with Crippen molar-refractivity contribution in [3.63, 3.8) is 0 Å². The Labute approximate surface area is 124 Å². The number of anilines is 1. The van der Waals surface area contributed by atoms with Gasteiger partial charge in [-0.15, -0.1) is 0 Å². The fourth-order valence-corrected chi connectivity index (χ4v) is 2.48. The standard InChI is InChI=1S/C15H21N3O3/c1-10-13(7-11(16)8-17-10)15(20)21-9-14(19)18-12-5-3-2-4-6-12/h7-8,12H,2-6,9,16H2,1H3,(H,18,19). The van der Waals surface area contributed by atoms with Crippen molar-refractivity contribution in [3.8, 4) is 0 Å². The molecule has 6 nitrogen and oxygen atoms in total. The van der Waals surface area contributed by atoms with Gasteiger partial charge in [0, 0.05) is 6.04 Å². The van der Waals surface area contributed by atoms with Crippen molar-refractivity contribution in [1.29, 1.82) is 0 Å². The molecule has 0 radical (unpaired) electrons. The van der Waals surface area contributed by atoms with Gasteiger partial charge in [-0.25, -0.2) is 4.79 Å². The van der Waals surface area contributed by atoms with Gasteiger partial charge < -0.3 is 15.8 Å². The summed E-state index contributed by atoms with van der Waals surface area (Å²) in [4.78, 5) is 27.7.